The van der Waals surface area contributed by atoms with Crippen molar-refractivity contribution in [2.45, 2.75) is 44.5 Å². The smallest absolute Gasteiger partial charge is 0.410 e. The number of carbonyl (C=O) groups excluding carboxylic acids is 1. The van der Waals surface area contributed by atoms with Crippen LogP contribution in [-0.4, -0.2) is 90.9 Å². The van der Waals surface area contributed by atoms with Crippen molar-refractivity contribution in [3.8, 4) is 6.01 Å². The Hall–Kier alpha value is -3.42. The summed E-state index contributed by atoms with van der Waals surface area (Å²) in [7, 11) is 2.13. The van der Waals surface area contributed by atoms with Crippen LogP contribution in [0, 0.1) is 6.57 Å². The van der Waals surface area contributed by atoms with Crippen molar-refractivity contribution in [2.24, 2.45) is 0 Å². The molecule has 196 valence electrons. The number of anilines is 1. The van der Waals surface area contributed by atoms with Gasteiger partial charge in [0.25, 0.3) is 0 Å². The standard InChI is InChI=1S/C27H35N7O3/c1-28-15-22-17-33(13-14-34(22)27(35)37-18-20-7-4-3-5-8-20)25-23-10-11-29-16-24(23)30-26(31-25)36-19-21-9-6-12-32(21)2/h3-5,7-8,21-22,29H,6,9-19H2,2H3/t21-,22?/m0/s1. The number of piperazine rings is 1. The van der Waals surface area contributed by atoms with Crippen LogP contribution in [0.4, 0.5) is 10.6 Å². The highest BCUT2D eigenvalue weighted by atomic mass is 16.6. The zero-order valence-electron chi connectivity index (χ0n) is 21.4. The molecule has 2 aromatic rings. The van der Waals surface area contributed by atoms with E-state index in [9.17, 15) is 4.79 Å². The van der Waals surface area contributed by atoms with Crippen LogP contribution in [0.15, 0.2) is 30.3 Å². The molecule has 4 heterocycles. The number of fused-ring (bicyclic) bond motifs is 1. The summed E-state index contributed by atoms with van der Waals surface area (Å²) < 4.78 is 11.7. The second kappa shape index (κ2) is 11.8. The highest BCUT2D eigenvalue weighted by Gasteiger charge is 2.36. The average molecular weight is 506 g/mol. The molecule has 5 rings (SSSR count). The number of aromatic nitrogens is 2. The van der Waals surface area contributed by atoms with E-state index in [-0.39, 0.29) is 25.3 Å². The molecular weight excluding hydrogens is 470 g/mol. The number of amides is 1. The van der Waals surface area contributed by atoms with Crippen LogP contribution in [0.5, 0.6) is 6.01 Å². The molecule has 2 saturated heterocycles. The molecule has 3 aliphatic heterocycles. The van der Waals surface area contributed by atoms with Gasteiger partial charge < -0.3 is 29.4 Å². The van der Waals surface area contributed by atoms with Crippen LogP contribution in [-0.2, 0) is 24.3 Å². The molecule has 2 fully saturated rings. The molecule has 2 atom stereocenters. The Kier molecular flexibility index (Phi) is 8.02. The maximum atomic E-state index is 12.9. The van der Waals surface area contributed by atoms with Crippen molar-refractivity contribution in [1.29, 1.82) is 0 Å². The first-order valence-electron chi connectivity index (χ1n) is 13.1. The second-order valence-corrected chi connectivity index (χ2v) is 9.94. The van der Waals surface area contributed by atoms with Gasteiger partial charge in [-0.3, -0.25) is 4.90 Å². The number of nitrogens with one attached hydrogen (secondary N) is 1. The molecule has 1 N–H and O–H groups in total. The first kappa shape index (κ1) is 25.2. The van der Waals surface area contributed by atoms with Crippen LogP contribution in [0.1, 0.15) is 29.7 Å². The van der Waals surface area contributed by atoms with Gasteiger partial charge in [0.15, 0.2) is 0 Å². The molecule has 10 nitrogen and oxygen atoms in total. The maximum absolute atomic E-state index is 12.9. The molecule has 3 aliphatic rings. The molecule has 0 radical (unpaired) electrons. The number of rotatable bonds is 7. The summed E-state index contributed by atoms with van der Waals surface area (Å²) >= 11 is 0. The van der Waals surface area contributed by atoms with Crippen LogP contribution in [0.2, 0.25) is 0 Å². The summed E-state index contributed by atoms with van der Waals surface area (Å²) in [6.07, 6.45) is 2.76. The van der Waals surface area contributed by atoms with Gasteiger partial charge in [0.2, 0.25) is 6.54 Å². The molecule has 0 spiro atoms. The largest absolute Gasteiger partial charge is 0.462 e. The molecule has 0 bridgehead atoms. The number of likely N-dealkylation sites (N-methyl/N-ethyl adjacent to an activating group) is 1. The van der Waals surface area contributed by atoms with Crippen LogP contribution < -0.4 is 15.0 Å². The summed E-state index contributed by atoms with van der Waals surface area (Å²) in [5.74, 6) is 0.869. The number of hydrogen-bond acceptors (Lipinski definition) is 8. The number of ether oxygens (including phenoxy) is 2. The summed E-state index contributed by atoms with van der Waals surface area (Å²) in [5, 5.41) is 3.40. The van der Waals surface area contributed by atoms with Gasteiger partial charge in [-0.05, 0) is 45.0 Å². The topological polar surface area (TPSA) is 87.4 Å². The normalized spacial score (nSPS) is 21.8. The van der Waals surface area contributed by atoms with Crippen LogP contribution >= 0.6 is 0 Å². The molecule has 0 aliphatic carbocycles. The molecule has 1 aromatic carbocycles. The summed E-state index contributed by atoms with van der Waals surface area (Å²) in [5.41, 5.74) is 3.04. The first-order chi connectivity index (χ1) is 18.1. The quantitative estimate of drug-likeness (QED) is 0.574. The zero-order valence-corrected chi connectivity index (χ0v) is 21.4. The van der Waals surface area contributed by atoms with Crippen molar-refractivity contribution in [2.75, 3.05) is 57.8 Å². The van der Waals surface area contributed by atoms with E-state index in [1.807, 2.05) is 30.3 Å². The molecule has 37 heavy (non-hydrogen) atoms. The van der Waals surface area contributed by atoms with E-state index in [0.29, 0.717) is 44.8 Å². The van der Waals surface area contributed by atoms with Gasteiger partial charge in [-0.1, -0.05) is 30.3 Å². The minimum Gasteiger partial charge on any atom is -0.462 e. The van der Waals surface area contributed by atoms with Crippen LogP contribution in [0.3, 0.4) is 0 Å². The van der Waals surface area contributed by atoms with Gasteiger partial charge in [-0.25, -0.2) is 11.4 Å². The number of carbonyl (C=O) groups is 1. The molecule has 1 unspecified atom stereocenters. The minimum absolute atomic E-state index is 0.211. The van der Waals surface area contributed by atoms with Gasteiger partial charge in [-0.2, -0.15) is 9.97 Å². The minimum atomic E-state index is -0.379. The van der Waals surface area contributed by atoms with Crippen molar-refractivity contribution >= 4 is 11.9 Å². The molecular formula is C27H35N7O3. The van der Waals surface area contributed by atoms with Gasteiger partial charge in [-0.15, -0.1) is 0 Å². The third-order valence-electron chi connectivity index (χ3n) is 7.49. The van der Waals surface area contributed by atoms with Crippen molar-refractivity contribution in [3.05, 3.63) is 58.6 Å². The first-order valence-corrected chi connectivity index (χ1v) is 13.1. The molecule has 1 aromatic heterocycles. The monoisotopic (exact) mass is 505 g/mol. The van der Waals surface area contributed by atoms with Crippen LogP contribution in [0.25, 0.3) is 4.85 Å². The van der Waals surface area contributed by atoms with E-state index >= 15 is 0 Å². The Morgan fingerprint density at radius 2 is 2.05 bits per heavy atom. The Balaban J connectivity index is 1.30. The third-order valence-corrected chi connectivity index (χ3v) is 7.49. The fourth-order valence-corrected chi connectivity index (χ4v) is 5.36. The lowest BCUT2D eigenvalue weighted by atomic mass is 10.1. The van der Waals surface area contributed by atoms with Gasteiger partial charge in [0.1, 0.15) is 25.1 Å². The Bertz CT molecular complexity index is 1120. The van der Waals surface area contributed by atoms with E-state index in [0.717, 1.165) is 48.6 Å². The number of likely N-dealkylation sites (tertiary alicyclic amines) is 1. The fraction of sp³-hybridized carbons (Fsp3) is 0.556. The number of benzene rings is 1. The van der Waals surface area contributed by atoms with Gasteiger partial charge in [0, 0.05) is 37.8 Å². The second-order valence-electron chi connectivity index (χ2n) is 9.94. The number of hydrogen-bond donors (Lipinski definition) is 1. The molecule has 0 saturated carbocycles. The lowest BCUT2D eigenvalue weighted by Crippen LogP contribution is -2.57. The SMILES string of the molecule is [C-]#[N+]CC1CN(c2nc(OC[C@@H]3CCCN3C)nc3c2CCNC3)CCN1C(=O)OCc1ccccc1. The lowest BCUT2D eigenvalue weighted by molar-refractivity contribution is 0.0788. The summed E-state index contributed by atoms with van der Waals surface area (Å²) in [4.78, 5) is 32.4. The highest BCUT2D eigenvalue weighted by molar-refractivity contribution is 5.69. The highest BCUT2D eigenvalue weighted by Crippen LogP contribution is 2.29. The van der Waals surface area contributed by atoms with E-state index in [2.05, 4.69) is 27.0 Å². The third kappa shape index (κ3) is 5.95. The van der Waals surface area contributed by atoms with Gasteiger partial charge >= 0.3 is 12.1 Å². The number of nitrogens with zero attached hydrogens (tertiary/aromatic N) is 6. The van der Waals surface area contributed by atoms with E-state index < -0.39 is 0 Å². The zero-order chi connectivity index (χ0) is 25.6. The Morgan fingerprint density at radius 1 is 1.19 bits per heavy atom. The average Bonchev–Trinajstić information content (AvgIpc) is 3.35. The van der Waals surface area contributed by atoms with E-state index in [1.54, 1.807) is 4.90 Å². The van der Waals surface area contributed by atoms with E-state index in [4.69, 9.17) is 26.0 Å². The Labute approximate surface area is 218 Å². The summed E-state index contributed by atoms with van der Waals surface area (Å²) in [6.45, 7) is 12.7. The van der Waals surface area contributed by atoms with Gasteiger partial charge in [0.05, 0.1) is 5.69 Å². The van der Waals surface area contributed by atoms with E-state index in [1.165, 1.54) is 6.42 Å². The van der Waals surface area contributed by atoms with Crippen molar-refractivity contribution in [1.82, 2.24) is 25.1 Å². The predicted octanol–water partition coefficient (Wildman–Crippen LogP) is 2.34. The predicted molar refractivity (Wildman–Crippen MR) is 139 cm³/mol. The summed E-state index contributed by atoms with van der Waals surface area (Å²) in [6, 6.07) is 10.1. The maximum Gasteiger partial charge on any atom is 0.410 e. The van der Waals surface area contributed by atoms with Crippen molar-refractivity contribution in [3.63, 3.8) is 0 Å². The lowest BCUT2D eigenvalue weighted by Gasteiger charge is -2.40. The van der Waals surface area contributed by atoms with Crippen molar-refractivity contribution < 1.29 is 14.3 Å². The molecule has 1 amide bonds. The fourth-order valence-electron chi connectivity index (χ4n) is 5.36. The Morgan fingerprint density at radius 3 is 2.84 bits per heavy atom. The molecule has 10 heteroatoms.